The SMILES string of the molecule is CC1C=c2c(O)cc3cccc4ccc(c2c43)C(C)C1(C)C. The Hall–Kier alpha value is -2.02. The molecule has 0 amide bonds. The molecule has 1 aliphatic carbocycles. The Morgan fingerprint density at radius 1 is 0.955 bits per heavy atom. The molecule has 3 aromatic carbocycles. The van der Waals surface area contributed by atoms with E-state index in [9.17, 15) is 5.11 Å². The minimum absolute atomic E-state index is 0.156. The molecule has 0 spiro atoms. The van der Waals surface area contributed by atoms with E-state index in [1.807, 2.05) is 6.07 Å². The van der Waals surface area contributed by atoms with Crippen molar-refractivity contribution in [2.24, 2.45) is 11.3 Å². The van der Waals surface area contributed by atoms with E-state index < -0.39 is 0 Å². The standard InChI is InChI=1S/C21H22O/c1-12-10-17-18(22)11-15-7-5-6-14-8-9-16(20(17)19(14)15)13(2)21(12,3)4/h5-13,22H,1-4H3. The average molecular weight is 290 g/mol. The topological polar surface area (TPSA) is 20.2 Å². The van der Waals surface area contributed by atoms with Crippen molar-refractivity contribution in [3.8, 4) is 5.75 Å². The van der Waals surface area contributed by atoms with E-state index in [0.717, 1.165) is 10.6 Å². The summed E-state index contributed by atoms with van der Waals surface area (Å²) in [6.07, 6.45) is 2.27. The lowest BCUT2D eigenvalue weighted by atomic mass is 9.69. The zero-order valence-corrected chi connectivity index (χ0v) is 13.6. The molecule has 0 saturated carbocycles. The molecule has 0 aromatic heterocycles. The molecule has 1 nitrogen and oxygen atoms in total. The summed E-state index contributed by atoms with van der Waals surface area (Å²) in [6, 6.07) is 12.7. The Kier molecular flexibility index (Phi) is 2.64. The van der Waals surface area contributed by atoms with Gasteiger partial charge < -0.3 is 5.11 Å². The molecular formula is C21H22O. The molecule has 3 aromatic rings. The summed E-state index contributed by atoms with van der Waals surface area (Å²) in [5.41, 5.74) is 1.52. The third-order valence-corrected chi connectivity index (χ3v) is 6.12. The Morgan fingerprint density at radius 3 is 2.45 bits per heavy atom. The lowest BCUT2D eigenvalue weighted by Gasteiger charge is -2.35. The molecule has 2 atom stereocenters. The second-order valence-corrected chi connectivity index (χ2v) is 7.42. The van der Waals surface area contributed by atoms with Crippen LogP contribution in [0.2, 0.25) is 0 Å². The number of hydrogen-bond donors (Lipinski definition) is 1. The molecule has 1 N–H and O–H groups in total. The summed E-state index contributed by atoms with van der Waals surface area (Å²) in [4.78, 5) is 0. The highest BCUT2D eigenvalue weighted by atomic mass is 16.3. The molecule has 1 aliphatic rings. The van der Waals surface area contributed by atoms with Crippen molar-refractivity contribution < 1.29 is 5.11 Å². The summed E-state index contributed by atoms with van der Waals surface area (Å²) in [7, 11) is 0. The van der Waals surface area contributed by atoms with E-state index in [0.29, 0.717) is 17.6 Å². The third-order valence-electron chi connectivity index (χ3n) is 6.12. The molecule has 4 rings (SSSR count). The molecule has 0 bridgehead atoms. The molecule has 2 unspecified atom stereocenters. The highest BCUT2D eigenvalue weighted by Crippen LogP contribution is 2.46. The van der Waals surface area contributed by atoms with Crippen molar-refractivity contribution in [1.29, 1.82) is 0 Å². The summed E-state index contributed by atoms with van der Waals surface area (Å²) in [5, 5.41) is 16.6. The van der Waals surface area contributed by atoms with Gasteiger partial charge in [-0.15, -0.1) is 0 Å². The van der Waals surface area contributed by atoms with Gasteiger partial charge in [-0.3, -0.25) is 0 Å². The fourth-order valence-electron chi connectivity index (χ4n) is 3.98. The fraction of sp³-hybridized carbons (Fsp3) is 0.333. The van der Waals surface area contributed by atoms with Gasteiger partial charge in [-0.25, -0.2) is 0 Å². The highest BCUT2D eigenvalue weighted by molar-refractivity contribution is 6.12. The van der Waals surface area contributed by atoms with Crippen LogP contribution in [0.1, 0.15) is 39.2 Å². The summed E-state index contributed by atoms with van der Waals surface area (Å²) >= 11 is 0. The van der Waals surface area contributed by atoms with Crippen LogP contribution in [-0.4, -0.2) is 5.11 Å². The molecular weight excluding hydrogens is 268 g/mol. The van der Waals surface area contributed by atoms with Crippen LogP contribution >= 0.6 is 0 Å². The number of phenolic OH excluding ortho intramolecular Hbond substituents is 1. The minimum atomic E-state index is 0.156. The zero-order valence-electron chi connectivity index (χ0n) is 13.6. The van der Waals surface area contributed by atoms with Crippen LogP contribution < -0.4 is 5.22 Å². The maximum absolute atomic E-state index is 10.6. The lowest BCUT2D eigenvalue weighted by Crippen LogP contribution is -2.25. The van der Waals surface area contributed by atoms with E-state index in [1.165, 1.54) is 21.7 Å². The lowest BCUT2D eigenvalue weighted by molar-refractivity contribution is 0.240. The van der Waals surface area contributed by atoms with Gasteiger partial charge in [-0.1, -0.05) is 64.1 Å². The van der Waals surface area contributed by atoms with Crippen molar-refractivity contribution >= 4 is 27.6 Å². The van der Waals surface area contributed by atoms with Gasteiger partial charge in [-0.2, -0.15) is 0 Å². The van der Waals surface area contributed by atoms with E-state index in [2.05, 4.69) is 64.1 Å². The Balaban J connectivity index is 2.32. The number of aromatic hydroxyl groups is 1. The van der Waals surface area contributed by atoms with Crippen LogP contribution in [0, 0.1) is 11.3 Å². The van der Waals surface area contributed by atoms with Gasteiger partial charge in [0.2, 0.25) is 0 Å². The predicted octanol–water partition coefficient (Wildman–Crippen LogP) is 4.98. The molecule has 1 heteroatoms. The van der Waals surface area contributed by atoms with Crippen LogP contribution in [0.15, 0.2) is 36.4 Å². The van der Waals surface area contributed by atoms with E-state index in [4.69, 9.17) is 0 Å². The quantitative estimate of drug-likeness (QED) is 0.619. The van der Waals surface area contributed by atoms with Gasteiger partial charge in [0.15, 0.2) is 0 Å². The van der Waals surface area contributed by atoms with Crippen LogP contribution in [0.25, 0.3) is 27.6 Å². The average Bonchev–Trinajstić information content (AvgIpc) is 2.56. The van der Waals surface area contributed by atoms with Crippen molar-refractivity contribution in [3.63, 3.8) is 0 Å². The predicted molar refractivity (Wildman–Crippen MR) is 94.2 cm³/mol. The normalized spacial score (nSPS) is 23.5. The van der Waals surface area contributed by atoms with Gasteiger partial charge in [0, 0.05) is 5.22 Å². The molecule has 112 valence electrons. The second kappa shape index (κ2) is 4.25. The van der Waals surface area contributed by atoms with Crippen molar-refractivity contribution in [2.45, 2.75) is 33.6 Å². The fourth-order valence-corrected chi connectivity index (χ4v) is 3.98. The van der Waals surface area contributed by atoms with E-state index in [1.54, 1.807) is 0 Å². The van der Waals surface area contributed by atoms with E-state index >= 15 is 0 Å². The highest BCUT2D eigenvalue weighted by Gasteiger charge is 2.35. The molecule has 22 heavy (non-hydrogen) atoms. The first kappa shape index (κ1) is 13.6. The molecule has 0 radical (unpaired) electrons. The van der Waals surface area contributed by atoms with Crippen LogP contribution in [0.5, 0.6) is 5.75 Å². The van der Waals surface area contributed by atoms with Crippen molar-refractivity contribution in [3.05, 3.63) is 47.2 Å². The Bertz CT molecular complexity index is 949. The first-order valence-corrected chi connectivity index (χ1v) is 8.10. The second-order valence-electron chi connectivity index (χ2n) is 7.42. The Labute approximate surface area is 131 Å². The van der Waals surface area contributed by atoms with E-state index in [-0.39, 0.29) is 5.41 Å². The summed E-state index contributed by atoms with van der Waals surface area (Å²) in [5.74, 6) is 1.25. The van der Waals surface area contributed by atoms with Crippen LogP contribution in [0.3, 0.4) is 0 Å². The maximum atomic E-state index is 10.6. The number of hydrogen-bond acceptors (Lipinski definition) is 1. The minimum Gasteiger partial charge on any atom is -0.507 e. The van der Waals surface area contributed by atoms with Gasteiger partial charge in [0.25, 0.3) is 0 Å². The molecule has 0 aliphatic heterocycles. The first-order chi connectivity index (χ1) is 10.4. The molecule has 0 heterocycles. The van der Waals surface area contributed by atoms with Crippen molar-refractivity contribution in [2.75, 3.05) is 0 Å². The van der Waals surface area contributed by atoms with Gasteiger partial charge in [0.1, 0.15) is 5.75 Å². The largest absolute Gasteiger partial charge is 0.507 e. The van der Waals surface area contributed by atoms with Gasteiger partial charge in [0.05, 0.1) is 0 Å². The molecule has 0 fully saturated rings. The maximum Gasteiger partial charge on any atom is 0.123 e. The number of rotatable bonds is 0. The summed E-state index contributed by atoms with van der Waals surface area (Å²) in [6.45, 7) is 9.25. The molecule has 0 saturated heterocycles. The first-order valence-electron chi connectivity index (χ1n) is 8.10. The van der Waals surface area contributed by atoms with Crippen molar-refractivity contribution in [1.82, 2.24) is 0 Å². The van der Waals surface area contributed by atoms with Gasteiger partial charge in [-0.05, 0) is 50.4 Å². The monoisotopic (exact) mass is 290 g/mol. The van der Waals surface area contributed by atoms with Gasteiger partial charge >= 0.3 is 0 Å². The third kappa shape index (κ3) is 1.60. The van der Waals surface area contributed by atoms with Crippen LogP contribution in [0.4, 0.5) is 0 Å². The Morgan fingerprint density at radius 2 is 1.68 bits per heavy atom. The number of phenols is 1. The smallest absolute Gasteiger partial charge is 0.123 e. The zero-order chi connectivity index (χ0) is 15.6. The van der Waals surface area contributed by atoms with Crippen LogP contribution in [-0.2, 0) is 0 Å². The summed E-state index contributed by atoms with van der Waals surface area (Å²) < 4.78 is 0. The number of benzene rings is 3.